The molecule has 0 aromatic carbocycles. The number of amides is 1. The summed E-state index contributed by atoms with van der Waals surface area (Å²) in [6.45, 7) is 0.581. The highest BCUT2D eigenvalue weighted by molar-refractivity contribution is 5.96. The average Bonchev–Trinajstić information content (AvgIpc) is 2.72. The van der Waals surface area contributed by atoms with Crippen LogP contribution in [0.2, 0.25) is 0 Å². The molecule has 4 nitrogen and oxygen atoms in total. The van der Waals surface area contributed by atoms with Crippen molar-refractivity contribution < 1.29 is 4.79 Å². The Balaban J connectivity index is 2.11. The molecule has 1 aliphatic heterocycles. The second-order valence-corrected chi connectivity index (χ2v) is 3.62. The predicted molar refractivity (Wildman–Crippen MR) is 58.6 cm³/mol. The third-order valence-electron chi connectivity index (χ3n) is 2.61. The normalized spacial score (nSPS) is 13.4. The van der Waals surface area contributed by atoms with Gasteiger partial charge in [-0.15, -0.1) is 0 Å². The van der Waals surface area contributed by atoms with E-state index in [1.807, 2.05) is 24.3 Å². The van der Waals surface area contributed by atoms with E-state index in [-0.39, 0.29) is 5.91 Å². The second kappa shape index (κ2) is 3.41. The SMILES string of the molecule is O=C1NCc2ccc(-c3ccncc3)nc21. The first-order valence-corrected chi connectivity index (χ1v) is 5.03. The fourth-order valence-electron chi connectivity index (χ4n) is 1.77. The molecule has 2 aromatic heterocycles. The summed E-state index contributed by atoms with van der Waals surface area (Å²) in [5, 5.41) is 2.75. The summed E-state index contributed by atoms with van der Waals surface area (Å²) < 4.78 is 0. The molecule has 1 aliphatic rings. The highest BCUT2D eigenvalue weighted by Gasteiger charge is 2.20. The molecule has 0 spiro atoms. The van der Waals surface area contributed by atoms with Gasteiger partial charge in [0, 0.05) is 30.1 Å². The van der Waals surface area contributed by atoms with Crippen LogP contribution in [-0.4, -0.2) is 15.9 Å². The van der Waals surface area contributed by atoms with E-state index in [4.69, 9.17) is 0 Å². The number of aromatic nitrogens is 2. The number of nitrogens with zero attached hydrogens (tertiary/aromatic N) is 2. The third kappa shape index (κ3) is 1.35. The maximum absolute atomic E-state index is 11.5. The van der Waals surface area contributed by atoms with Crippen LogP contribution in [0.4, 0.5) is 0 Å². The van der Waals surface area contributed by atoms with Crippen molar-refractivity contribution in [2.75, 3.05) is 0 Å². The van der Waals surface area contributed by atoms with Crippen molar-refractivity contribution in [3.05, 3.63) is 47.9 Å². The third-order valence-corrected chi connectivity index (χ3v) is 2.61. The lowest BCUT2D eigenvalue weighted by Crippen LogP contribution is -2.13. The van der Waals surface area contributed by atoms with Gasteiger partial charge >= 0.3 is 0 Å². The molecule has 0 fully saturated rings. The lowest BCUT2D eigenvalue weighted by molar-refractivity contribution is 0.0961. The zero-order valence-corrected chi connectivity index (χ0v) is 8.47. The Labute approximate surface area is 92.4 Å². The van der Waals surface area contributed by atoms with Crippen molar-refractivity contribution >= 4 is 5.91 Å². The average molecular weight is 211 g/mol. The molecule has 16 heavy (non-hydrogen) atoms. The summed E-state index contributed by atoms with van der Waals surface area (Å²) in [7, 11) is 0. The van der Waals surface area contributed by atoms with Gasteiger partial charge in [-0.1, -0.05) is 6.07 Å². The Morgan fingerprint density at radius 2 is 1.94 bits per heavy atom. The molecular weight excluding hydrogens is 202 g/mol. The topological polar surface area (TPSA) is 54.9 Å². The zero-order valence-electron chi connectivity index (χ0n) is 8.47. The molecule has 0 saturated heterocycles. The Kier molecular flexibility index (Phi) is 1.93. The summed E-state index contributed by atoms with van der Waals surface area (Å²) in [4.78, 5) is 19.8. The molecule has 3 heterocycles. The van der Waals surface area contributed by atoms with E-state index in [0.29, 0.717) is 12.2 Å². The maximum atomic E-state index is 11.5. The van der Waals surface area contributed by atoms with Crippen molar-refractivity contribution in [3.8, 4) is 11.3 Å². The van der Waals surface area contributed by atoms with Crippen LogP contribution in [0.3, 0.4) is 0 Å². The van der Waals surface area contributed by atoms with Crippen LogP contribution in [0.25, 0.3) is 11.3 Å². The summed E-state index contributed by atoms with van der Waals surface area (Å²) >= 11 is 0. The molecule has 1 N–H and O–H groups in total. The van der Waals surface area contributed by atoms with E-state index in [1.54, 1.807) is 12.4 Å². The molecular formula is C12H9N3O. The molecule has 0 atom stereocenters. The van der Waals surface area contributed by atoms with Gasteiger partial charge in [0.15, 0.2) is 0 Å². The van der Waals surface area contributed by atoms with E-state index in [1.165, 1.54) is 0 Å². The van der Waals surface area contributed by atoms with Gasteiger partial charge in [0.2, 0.25) is 0 Å². The highest BCUT2D eigenvalue weighted by Crippen LogP contribution is 2.20. The largest absolute Gasteiger partial charge is 0.347 e. The van der Waals surface area contributed by atoms with Crippen LogP contribution in [0.1, 0.15) is 16.1 Å². The lowest BCUT2D eigenvalue weighted by Gasteiger charge is -2.01. The Hall–Kier alpha value is -2.23. The summed E-state index contributed by atoms with van der Waals surface area (Å²) in [5.74, 6) is -0.0918. The van der Waals surface area contributed by atoms with Crippen LogP contribution in [0.15, 0.2) is 36.7 Å². The quantitative estimate of drug-likeness (QED) is 0.775. The van der Waals surface area contributed by atoms with Crippen LogP contribution in [-0.2, 0) is 6.54 Å². The minimum atomic E-state index is -0.0918. The van der Waals surface area contributed by atoms with Crippen LogP contribution < -0.4 is 5.32 Å². The summed E-state index contributed by atoms with van der Waals surface area (Å²) in [6, 6.07) is 7.62. The standard InChI is InChI=1S/C12H9N3O/c16-12-11-9(7-14-12)1-2-10(15-11)8-3-5-13-6-4-8/h1-6H,7H2,(H,14,16). The van der Waals surface area contributed by atoms with Gasteiger partial charge in [-0.25, -0.2) is 4.98 Å². The monoisotopic (exact) mass is 211 g/mol. The highest BCUT2D eigenvalue weighted by atomic mass is 16.2. The van der Waals surface area contributed by atoms with E-state index >= 15 is 0 Å². The molecule has 78 valence electrons. The van der Waals surface area contributed by atoms with Crippen molar-refractivity contribution in [1.82, 2.24) is 15.3 Å². The molecule has 0 bridgehead atoms. The van der Waals surface area contributed by atoms with Gasteiger partial charge in [0.1, 0.15) is 5.69 Å². The fourth-order valence-corrected chi connectivity index (χ4v) is 1.77. The fraction of sp³-hybridized carbons (Fsp3) is 0.0833. The molecule has 3 rings (SSSR count). The number of fused-ring (bicyclic) bond motifs is 1. The molecule has 0 unspecified atom stereocenters. The minimum Gasteiger partial charge on any atom is -0.347 e. The first-order chi connectivity index (χ1) is 7.84. The van der Waals surface area contributed by atoms with Crippen molar-refractivity contribution in [3.63, 3.8) is 0 Å². The number of nitrogens with one attached hydrogen (secondary N) is 1. The number of hydrogen-bond acceptors (Lipinski definition) is 3. The Morgan fingerprint density at radius 1 is 1.12 bits per heavy atom. The second-order valence-electron chi connectivity index (χ2n) is 3.62. The van der Waals surface area contributed by atoms with Crippen LogP contribution >= 0.6 is 0 Å². The van der Waals surface area contributed by atoms with Gasteiger partial charge in [-0.05, 0) is 18.2 Å². The Morgan fingerprint density at radius 3 is 2.75 bits per heavy atom. The van der Waals surface area contributed by atoms with Crippen molar-refractivity contribution in [2.24, 2.45) is 0 Å². The lowest BCUT2D eigenvalue weighted by atomic mass is 10.1. The van der Waals surface area contributed by atoms with E-state index in [2.05, 4.69) is 15.3 Å². The van der Waals surface area contributed by atoms with E-state index in [9.17, 15) is 4.79 Å². The van der Waals surface area contributed by atoms with Crippen LogP contribution in [0.5, 0.6) is 0 Å². The molecule has 4 heteroatoms. The summed E-state index contributed by atoms with van der Waals surface area (Å²) in [6.07, 6.45) is 3.43. The smallest absolute Gasteiger partial charge is 0.270 e. The van der Waals surface area contributed by atoms with E-state index in [0.717, 1.165) is 16.8 Å². The number of rotatable bonds is 1. The number of carbonyl (C=O) groups excluding carboxylic acids is 1. The Bertz CT molecular complexity index is 551. The van der Waals surface area contributed by atoms with Crippen LogP contribution in [0, 0.1) is 0 Å². The van der Waals surface area contributed by atoms with Gasteiger partial charge in [-0.2, -0.15) is 0 Å². The van der Waals surface area contributed by atoms with Gasteiger partial charge in [-0.3, -0.25) is 9.78 Å². The van der Waals surface area contributed by atoms with Gasteiger partial charge in [0.25, 0.3) is 5.91 Å². The molecule has 0 radical (unpaired) electrons. The van der Waals surface area contributed by atoms with Gasteiger partial charge < -0.3 is 5.32 Å². The molecule has 2 aromatic rings. The maximum Gasteiger partial charge on any atom is 0.270 e. The number of carbonyl (C=O) groups is 1. The van der Waals surface area contributed by atoms with Gasteiger partial charge in [0.05, 0.1) is 5.69 Å². The first-order valence-electron chi connectivity index (χ1n) is 5.03. The first kappa shape index (κ1) is 9.03. The number of hydrogen-bond donors (Lipinski definition) is 1. The number of pyridine rings is 2. The van der Waals surface area contributed by atoms with E-state index < -0.39 is 0 Å². The summed E-state index contributed by atoms with van der Waals surface area (Å²) in [5.41, 5.74) is 3.27. The minimum absolute atomic E-state index is 0.0918. The van der Waals surface area contributed by atoms with Crippen molar-refractivity contribution in [2.45, 2.75) is 6.54 Å². The van der Waals surface area contributed by atoms with Crippen molar-refractivity contribution in [1.29, 1.82) is 0 Å². The zero-order chi connectivity index (χ0) is 11.0. The predicted octanol–water partition coefficient (Wildman–Crippen LogP) is 1.39. The molecule has 0 aliphatic carbocycles. The molecule has 0 saturated carbocycles. The molecule has 1 amide bonds.